The first-order chi connectivity index (χ1) is 6.65. The number of aryl methyl sites for hydroxylation is 1. The molecule has 0 amide bonds. The van der Waals surface area contributed by atoms with E-state index in [9.17, 15) is 4.79 Å². The Bertz CT molecular complexity index is 367. The zero-order chi connectivity index (χ0) is 10.6. The maximum absolute atomic E-state index is 10.3. The summed E-state index contributed by atoms with van der Waals surface area (Å²) in [5.74, 6) is -0.251. The van der Waals surface area contributed by atoms with Crippen LogP contribution in [0.15, 0.2) is 24.3 Å². The fourth-order valence-electron chi connectivity index (χ4n) is 1.25. The molecular weight excluding hydrogens is 180 g/mol. The van der Waals surface area contributed by atoms with Gasteiger partial charge in [-0.15, -0.1) is 0 Å². The van der Waals surface area contributed by atoms with Gasteiger partial charge in [-0.1, -0.05) is 18.2 Å². The van der Waals surface area contributed by atoms with Gasteiger partial charge >= 0.3 is 5.97 Å². The molecule has 0 saturated carbocycles. The highest BCUT2D eigenvalue weighted by atomic mass is 16.5. The fraction of sp³-hybridized carbons (Fsp3) is 0.182. The summed E-state index contributed by atoms with van der Waals surface area (Å²) in [7, 11) is 1.57. The molecule has 0 spiro atoms. The first-order valence-electron chi connectivity index (χ1n) is 4.19. The average molecular weight is 192 g/mol. The fourth-order valence-corrected chi connectivity index (χ4v) is 1.25. The van der Waals surface area contributed by atoms with Gasteiger partial charge in [0.2, 0.25) is 0 Å². The van der Waals surface area contributed by atoms with E-state index in [1.807, 2.05) is 25.1 Å². The van der Waals surface area contributed by atoms with Crippen LogP contribution >= 0.6 is 0 Å². The molecule has 74 valence electrons. The summed E-state index contributed by atoms with van der Waals surface area (Å²) in [5, 5.41) is 8.48. The summed E-state index contributed by atoms with van der Waals surface area (Å²) in [4.78, 5) is 10.3. The van der Waals surface area contributed by atoms with E-state index in [1.54, 1.807) is 7.11 Å². The number of benzene rings is 1. The zero-order valence-electron chi connectivity index (χ0n) is 8.15. The quantitative estimate of drug-likeness (QED) is 0.746. The molecule has 0 heterocycles. The molecule has 1 N–H and O–H groups in total. The topological polar surface area (TPSA) is 46.5 Å². The largest absolute Gasteiger partial charge is 0.496 e. The number of rotatable bonds is 3. The van der Waals surface area contributed by atoms with E-state index in [4.69, 9.17) is 9.84 Å². The first-order valence-corrected chi connectivity index (χ1v) is 4.19. The van der Waals surface area contributed by atoms with Crippen molar-refractivity contribution in [2.75, 3.05) is 7.11 Å². The molecule has 0 fully saturated rings. The Labute approximate surface area is 82.6 Å². The molecule has 3 heteroatoms. The summed E-state index contributed by atoms with van der Waals surface area (Å²) in [6.07, 6.45) is 2.62. The number of carbonyl (C=O) groups is 1. The van der Waals surface area contributed by atoms with E-state index in [1.165, 1.54) is 6.08 Å². The van der Waals surface area contributed by atoms with E-state index in [2.05, 4.69) is 0 Å². The summed E-state index contributed by atoms with van der Waals surface area (Å²) < 4.78 is 5.16. The Morgan fingerprint density at radius 3 is 2.79 bits per heavy atom. The highest BCUT2D eigenvalue weighted by molar-refractivity contribution is 5.86. The van der Waals surface area contributed by atoms with Crippen LogP contribution in [0.4, 0.5) is 0 Å². The van der Waals surface area contributed by atoms with Crippen molar-refractivity contribution in [1.29, 1.82) is 0 Å². The van der Waals surface area contributed by atoms with E-state index in [-0.39, 0.29) is 0 Å². The second-order valence-electron chi connectivity index (χ2n) is 2.87. The van der Waals surface area contributed by atoms with Crippen molar-refractivity contribution in [1.82, 2.24) is 0 Å². The van der Waals surface area contributed by atoms with Crippen molar-refractivity contribution < 1.29 is 14.6 Å². The van der Waals surface area contributed by atoms with Crippen LogP contribution in [0.2, 0.25) is 0 Å². The van der Waals surface area contributed by atoms with Crippen molar-refractivity contribution in [3.05, 3.63) is 35.4 Å². The van der Waals surface area contributed by atoms with E-state index < -0.39 is 5.97 Å². The molecule has 1 aromatic carbocycles. The van der Waals surface area contributed by atoms with Crippen molar-refractivity contribution in [3.8, 4) is 5.75 Å². The lowest BCUT2D eigenvalue weighted by molar-refractivity contribution is -0.131. The van der Waals surface area contributed by atoms with Crippen LogP contribution in [0.3, 0.4) is 0 Å². The molecule has 0 unspecified atom stereocenters. The van der Waals surface area contributed by atoms with Crippen molar-refractivity contribution >= 4 is 12.0 Å². The van der Waals surface area contributed by atoms with Gasteiger partial charge in [-0.05, 0) is 18.6 Å². The van der Waals surface area contributed by atoms with E-state index >= 15 is 0 Å². The zero-order valence-corrected chi connectivity index (χ0v) is 8.15. The number of hydrogen-bond acceptors (Lipinski definition) is 2. The Morgan fingerprint density at radius 2 is 2.21 bits per heavy atom. The summed E-state index contributed by atoms with van der Waals surface area (Å²) in [6, 6.07) is 5.58. The number of hydrogen-bond donors (Lipinski definition) is 1. The number of carboxylic acids is 1. The maximum atomic E-state index is 10.3. The molecule has 3 nitrogen and oxygen atoms in total. The predicted molar refractivity (Wildman–Crippen MR) is 54.4 cm³/mol. The smallest absolute Gasteiger partial charge is 0.328 e. The molecule has 0 aliphatic rings. The van der Waals surface area contributed by atoms with Gasteiger partial charge in [-0.3, -0.25) is 0 Å². The summed E-state index contributed by atoms with van der Waals surface area (Å²) in [6.45, 7) is 1.91. The molecule has 1 rings (SSSR count). The van der Waals surface area contributed by atoms with Crippen LogP contribution in [0.25, 0.3) is 6.08 Å². The number of para-hydroxylation sites is 1. The third kappa shape index (κ3) is 2.36. The minimum absolute atomic E-state index is 0.713. The second kappa shape index (κ2) is 4.46. The second-order valence-corrected chi connectivity index (χ2v) is 2.87. The average Bonchev–Trinajstić information content (AvgIpc) is 2.14. The SMILES string of the molecule is COc1c(C)cccc1C=CC(=O)O. The summed E-state index contributed by atoms with van der Waals surface area (Å²) >= 11 is 0. The van der Waals surface area contributed by atoms with Crippen molar-refractivity contribution in [2.45, 2.75) is 6.92 Å². The predicted octanol–water partition coefficient (Wildman–Crippen LogP) is 2.10. The molecule has 0 saturated heterocycles. The van der Waals surface area contributed by atoms with E-state index in [0.29, 0.717) is 5.75 Å². The Morgan fingerprint density at radius 1 is 1.50 bits per heavy atom. The van der Waals surface area contributed by atoms with Crippen molar-refractivity contribution in [3.63, 3.8) is 0 Å². The molecular formula is C11H12O3. The van der Waals surface area contributed by atoms with Crippen LogP contribution in [-0.4, -0.2) is 18.2 Å². The molecule has 0 radical (unpaired) electrons. The lowest BCUT2D eigenvalue weighted by atomic mass is 10.1. The third-order valence-electron chi connectivity index (χ3n) is 1.85. The van der Waals surface area contributed by atoms with Crippen LogP contribution in [0, 0.1) is 6.92 Å². The van der Waals surface area contributed by atoms with Gasteiger partial charge < -0.3 is 9.84 Å². The molecule has 0 aliphatic carbocycles. The van der Waals surface area contributed by atoms with Crippen LogP contribution in [0.1, 0.15) is 11.1 Å². The Balaban J connectivity index is 3.08. The van der Waals surface area contributed by atoms with Gasteiger partial charge in [0.1, 0.15) is 5.75 Å². The summed E-state index contributed by atoms with van der Waals surface area (Å²) in [5.41, 5.74) is 1.76. The van der Waals surface area contributed by atoms with Gasteiger partial charge in [0, 0.05) is 11.6 Å². The molecule has 14 heavy (non-hydrogen) atoms. The molecule has 0 bridgehead atoms. The molecule has 0 aliphatic heterocycles. The Kier molecular flexibility index (Phi) is 3.29. The lowest BCUT2D eigenvalue weighted by Crippen LogP contribution is -1.91. The third-order valence-corrected chi connectivity index (χ3v) is 1.85. The number of aliphatic carboxylic acids is 1. The minimum Gasteiger partial charge on any atom is -0.496 e. The highest BCUT2D eigenvalue weighted by Crippen LogP contribution is 2.23. The standard InChI is InChI=1S/C11H12O3/c1-8-4-3-5-9(11(8)14-2)6-7-10(12)13/h3-7H,1-2H3,(H,12,13). The minimum atomic E-state index is -0.964. The number of carboxylic acid groups (broad SMARTS) is 1. The van der Waals surface area contributed by atoms with Gasteiger partial charge in [-0.2, -0.15) is 0 Å². The maximum Gasteiger partial charge on any atom is 0.328 e. The van der Waals surface area contributed by atoms with Crippen LogP contribution in [-0.2, 0) is 4.79 Å². The van der Waals surface area contributed by atoms with Crippen LogP contribution < -0.4 is 4.74 Å². The van der Waals surface area contributed by atoms with Crippen LogP contribution in [0.5, 0.6) is 5.75 Å². The van der Waals surface area contributed by atoms with Crippen molar-refractivity contribution in [2.24, 2.45) is 0 Å². The number of methoxy groups -OCH3 is 1. The Hall–Kier alpha value is -1.77. The number of ether oxygens (including phenoxy) is 1. The van der Waals surface area contributed by atoms with Gasteiger partial charge in [-0.25, -0.2) is 4.79 Å². The highest BCUT2D eigenvalue weighted by Gasteiger charge is 2.02. The molecule has 0 aromatic heterocycles. The molecule has 0 atom stereocenters. The monoisotopic (exact) mass is 192 g/mol. The van der Waals surface area contributed by atoms with E-state index in [0.717, 1.165) is 17.2 Å². The van der Waals surface area contributed by atoms with Gasteiger partial charge in [0.25, 0.3) is 0 Å². The van der Waals surface area contributed by atoms with Gasteiger partial charge in [0.15, 0.2) is 0 Å². The van der Waals surface area contributed by atoms with Gasteiger partial charge in [0.05, 0.1) is 7.11 Å². The lowest BCUT2D eigenvalue weighted by Gasteiger charge is -2.07. The first kappa shape index (κ1) is 10.3. The molecule has 1 aromatic rings. The normalized spacial score (nSPS) is 10.4.